The second-order valence-electron chi connectivity index (χ2n) is 5.47. The number of rotatable bonds is 5. The highest BCUT2D eigenvalue weighted by molar-refractivity contribution is 5.78. The smallest absolute Gasteiger partial charge is 0.306 e. The van der Waals surface area contributed by atoms with Gasteiger partial charge in [0.2, 0.25) is 0 Å². The summed E-state index contributed by atoms with van der Waals surface area (Å²) in [6, 6.07) is 5.68. The summed E-state index contributed by atoms with van der Waals surface area (Å²) in [4.78, 5) is 24.5. The molecule has 22 heavy (non-hydrogen) atoms. The SMILES string of the molecule is Cc1ccc(OCC(=O)N2CCOC(CC(=O)O)C2)cc1C. The third-order valence-electron chi connectivity index (χ3n) is 3.73. The van der Waals surface area contributed by atoms with Gasteiger partial charge in [0, 0.05) is 13.1 Å². The Morgan fingerprint density at radius 3 is 2.82 bits per heavy atom. The van der Waals surface area contributed by atoms with E-state index >= 15 is 0 Å². The van der Waals surface area contributed by atoms with E-state index in [1.54, 1.807) is 4.90 Å². The summed E-state index contributed by atoms with van der Waals surface area (Å²) in [5.74, 6) is -0.422. The minimum Gasteiger partial charge on any atom is -0.484 e. The number of morpholine rings is 1. The van der Waals surface area contributed by atoms with Gasteiger partial charge < -0.3 is 19.5 Å². The highest BCUT2D eigenvalue weighted by atomic mass is 16.5. The largest absolute Gasteiger partial charge is 0.484 e. The molecule has 1 aromatic rings. The van der Waals surface area contributed by atoms with Crippen LogP contribution in [0.1, 0.15) is 17.5 Å². The first-order valence-corrected chi connectivity index (χ1v) is 7.27. The number of amides is 1. The Morgan fingerprint density at radius 2 is 2.14 bits per heavy atom. The van der Waals surface area contributed by atoms with Gasteiger partial charge in [-0.1, -0.05) is 6.07 Å². The normalized spacial score (nSPS) is 18.1. The molecular formula is C16H21NO5. The summed E-state index contributed by atoms with van der Waals surface area (Å²) in [5, 5.41) is 8.78. The monoisotopic (exact) mass is 307 g/mol. The number of carboxylic acids is 1. The van der Waals surface area contributed by atoms with Crippen LogP contribution in [0.3, 0.4) is 0 Å². The summed E-state index contributed by atoms with van der Waals surface area (Å²) in [6.07, 6.45) is -0.543. The zero-order valence-electron chi connectivity index (χ0n) is 12.9. The van der Waals surface area contributed by atoms with Crippen molar-refractivity contribution in [2.75, 3.05) is 26.3 Å². The summed E-state index contributed by atoms with van der Waals surface area (Å²) in [6.45, 7) is 5.06. The van der Waals surface area contributed by atoms with Gasteiger partial charge in [0.15, 0.2) is 6.61 Å². The maximum absolute atomic E-state index is 12.2. The second-order valence-corrected chi connectivity index (χ2v) is 5.47. The number of hydrogen-bond acceptors (Lipinski definition) is 4. The molecule has 1 aliphatic rings. The van der Waals surface area contributed by atoms with Crippen LogP contribution in [0.5, 0.6) is 5.75 Å². The molecule has 1 fully saturated rings. The van der Waals surface area contributed by atoms with E-state index in [0.29, 0.717) is 25.4 Å². The van der Waals surface area contributed by atoms with Crippen LogP contribution >= 0.6 is 0 Å². The number of hydrogen-bond donors (Lipinski definition) is 1. The van der Waals surface area contributed by atoms with Crippen molar-refractivity contribution in [1.82, 2.24) is 4.90 Å². The average Bonchev–Trinajstić information content (AvgIpc) is 2.48. The molecule has 0 bridgehead atoms. The van der Waals surface area contributed by atoms with E-state index < -0.39 is 12.1 Å². The molecular weight excluding hydrogens is 286 g/mol. The summed E-state index contributed by atoms with van der Waals surface area (Å²) in [5.41, 5.74) is 2.28. The van der Waals surface area contributed by atoms with Crippen molar-refractivity contribution in [3.05, 3.63) is 29.3 Å². The predicted octanol–water partition coefficient (Wildman–Crippen LogP) is 1.38. The van der Waals surface area contributed by atoms with Crippen LogP contribution in [0.15, 0.2) is 18.2 Å². The molecule has 6 heteroatoms. The molecule has 2 rings (SSSR count). The van der Waals surface area contributed by atoms with Crippen LogP contribution in [-0.2, 0) is 14.3 Å². The Labute approximate surface area is 129 Å². The topological polar surface area (TPSA) is 76.1 Å². The summed E-state index contributed by atoms with van der Waals surface area (Å²) < 4.78 is 10.9. The van der Waals surface area contributed by atoms with Crippen molar-refractivity contribution in [3.63, 3.8) is 0 Å². The van der Waals surface area contributed by atoms with Crippen molar-refractivity contribution in [3.8, 4) is 5.75 Å². The number of aryl methyl sites for hydroxylation is 2. The molecule has 1 amide bonds. The fourth-order valence-corrected chi connectivity index (χ4v) is 2.30. The van der Waals surface area contributed by atoms with E-state index in [9.17, 15) is 9.59 Å². The van der Waals surface area contributed by atoms with E-state index in [1.165, 1.54) is 5.56 Å². The lowest BCUT2D eigenvalue weighted by Gasteiger charge is -2.32. The zero-order valence-corrected chi connectivity index (χ0v) is 12.9. The van der Waals surface area contributed by atoms with E-state index in [4.69, 9.17) is 14.6 Å². The fourth-order valence-electron chi connectivity index (χ4n) is 2.30. The third kappa shape index (κ3) is 4.46. The summed E-state index contributed by atoms with van der Waals surface area (Å²) in [7, 11) is 0. The van der Waals surface area contributed by atoms with Crippen LogP contribution in [0.4, 0.5) is 0 Å². The molecule has 1 heterocycles. The van der Waals surface area contributed by atoms with Crippen molar-refractivity contribution in [2.45, 2.75) is 26.4 Å². The van der Waals surface area contributed by atoms with E-state index in [0.717, 1.165) is 5.56 Å². The molecule has 0 aliphatic carbocycles. The Hall–Kier alpha value is -2.08. The van der Waals surface area contributed by atoms with Crippen molar-refractivity contribution >= 4 is 11.9 Å². The third-order valence-corrected chi connectivity index (χ3v) is 3.73. The lowest BCUT2D eigenvalue weighted by molar-refractivity contribution is -0.148. The van der Waals surface area contributed by atoms with Crippen LogP contribution in [0.2, 0.25) is 0 Å². The van der Waals surface area contributed by atoms with Crippen molar-refractivity contribution < 1.29 is 24.2 Å². The Morgan fingerprint density at radius 1 is 1.36 bits per heavy atom. The molecule has 0 radical (unpaired) electrons. The number of carbonyl (C=O) groups is 2. The molecule has 1 aromatic carbocycles. The molecule has 1 aliphatic heterocycles. The first kappa shape index (κ1) is 16.3. The molecule has 0 spiro atoms. The lowest BCUT2D eigenvalue weighted by atomic mass is 10.1. The first-order valence-electron chi connectivity index (χ1n) is 7.27. The van der Waals surface area contributed by atoms with E-state index in [1.807, 2.05) is 32.0 Å². The van der Waals surface area contributed by atoms with Gasteiger partial charge >= 0.3 is 5.97 Å². The first-order chi connectivity index (χ1) is 10.5. The van der Waals surface area contributed by atoms with Gasteiger partial charge in [0.25, 0.3) is 5.91 Å². The van der Waals surface area contributed by atoms with Crippen LogP contribution in [-0.4, -0.2) is 54.3 Å². The van der Waals surface area contributed by atoms with Crippen LogP contribution < -0.4 is 4.74 Å². The van der Waals surface area contributed by atoms with Crippen LogP contribution in [0.25, 0.3) is 0 Å². The second kappa shape index (κ2) is 7.26. The molecule has 1 unspecified atom stereocenters. The molecule has 1 N–H and O–H groups in total. The maximum atomic E-state index is 12.2. The predicted molar refractivity (Wildman–Crippen MR) is 80.0 cm³/mol. The molecule has 6 nitrogen and oxygen atoms in total. The quantitative estimate of drug-likeness (QED) is 0.889. The number of ether oxygens (including phenoxy) is 2. The molecule has 0 saturated carbocycles. The fraction of sp³-hybridized carbons (Fsp3) is 0.500. The minimum absolute atomic E-state index is 0.0533. The number of aliphatic carboxylic acids is 1. The van der Waals surface area contributed by atoms with Gasteiger partial charge in [-0.25, -0.2) is 0 Å². The van der Waals surface area contributed by atoms with Crippen molar-refractivity contribution in [1.29, 1.82) is 0 Å². The Bertz CT molecular complexity index is 557. The van der Waals surface area contributed by atoms with Gasteiger partial charge in [0.05, 0.1) is 19.1 Å². The number of benzene rings is 1. The molecule has 1 atom stereocenters. The molecule has 120 valence electrons. The zero-order chi connectivity index (χ0) is 16.1. The highest BCUT2D eigenvalue weighted by Gasteiger charge is 2.26. The number of carbonyl (C=O) groups excluding carboxylic acids is 1. The van der Waals surface area contributed by atoms with Gasteiger partial charge in [-0.15, -0.1) is 0 Å². The molecule has 1 saturated heterocycles. The highest BCUT2D eigenvalue weighted by Crippen LogP contribution is 2.17. The Balaban J connectivity index is 1.86. The Kier molecular flexibility index (Phi) is 5.38. The number of nitrogens with zero attached hydrogens (tertiary/aromatic N) is 1. The van der Waals surface area contributed by atoms with Gasteiger partial charge in [-0.2, -0.15) is 0 Å². The van der Waals surface area contributed by atoms with Gasteiger partial charge in [-0.3, -0.25) is 9.59 Å². The van der Waals surface area contributed by atoms with E-state index in [2.05, 4.69) is 0 Å². The van der Waals surface area contributed by atoms with Gasteiger partial charge in [-0.05, 0) is 37.1 Å². The number of carboxylic acid groups (broad SMARTS) is 1. The van der Waals surface area contributed by atoms with Gasteiger partial charge in [0.1, 0.15) is 5.75 Å². The van der Waals surface area contributed by atoms with E-state index in [-0.39, 0.29) is 18.9 Å². The maximum Gasteiger partial charge on any atom is 0.306 e. The standard InChI is InChI=1S/C16H21NO5/c1-11-3-4-13(7-12(11)2)22-10-15(18)17-5-6-21-14(9-17)8-16(19)20/h3-4,7,14H,5-6,8-10H2,1-2H3,(H,19,20). The lowest BCUT2D eigenvalue weighted by Crippen LogP contribution is -2.47. The average molecular weight is 307 g/mol. The van der Waals surface area contributed by atoms with Crippen LogP contribution in [0, 0.1) is 13.8 Å². The minimum atomic E-state index is -0.925. The molecule has 0 aromatic heterocycles. The summed E-state index contributed by atoms with van der Waals surface area (Å²) >= 11 is 0. The van der Waals surface area contributed by atoms with Crippen molar-refractivity contribution in [2.24, 2.45) is 0 Å².